The van der Waals surface area contributed by atoms with Crippen molar-refractivity contribution < 1.29 is 23.5 Å². The SMILES string of the molecule is CCCCCCCCCCCCCCCCOCC(CN(CCO[Si](c1ccccc1)(c1ccccc1)C(C)(C)C)C(=O)CCCCCCCCCCCCCCCO)O[Si](c1ccccc1)(c1ccccc1)C(C)(C)C. The van der Waals surface area contributed by atoms with Gasteiger partial charge in [0, 0.05) is 32.7 Å². The molecule has 0 bridgehead atoms. The summed E-state index contributed by atoms with van der Waals surface area (Å²) in [6.07, 6.45) is 34.2. The maximum Gasteiger partial charge on any atom is 0.261 e. The van der Waals surface area contributed by atoms with Crippen LogP contribution in [-0.4, -0.2) is 78.2 Å². The third kappa shape index (κ3) is 23.3. The number of carbonyl (C=O) groups excluding carboxylic acids is 1. The maximum atomic E-state index is 15.0. The smallest absolute Gasteiger partial charge is 0.261 e. The molecule has 8 heteroatoms. The number of hydrogen-bond acceptors (Lipinski definition) is 5. The minimum absolute atomic E-state index is 0.179. The van der Waals surface area contributed by atoms with E-state index in [1.807, 2.05) is 0 Å². The Balaban J connectivity index is 1.54. The van der Waals surface area contributed by atoms with Crippen LogP contribution in [0.1, 0.15) is 228 Å². The Bertz CT molecular complexity index is 1960. The van der Waals surface area contributed by atoms with E-state index in [1.165, 1.54) is 156 Å². The van der Waals surface area contributed by atoms with Gasteiger partial charge in [-0.25, -0.2) is 0 Å². The molecule has 1 amide bonds. The van der Waals surface area contributed by atoms with Crippen molar-refractivity contribution in [3.05, 3.63) is 121 Å². The zero-order valence-corrected chi connectivity index (χ0v) is 52.2. The number of hydrogen-bond donors (Lipinski definition) is 1. The largest absolute Gasteiger partial charge is 0.406 e. The fourth-order valence-corrected chi connectivity index (χ4v) is 21.0. The summed E-state index contributed by atoms with van der Waals surface area (Å²) in [5.41, 5.74) is 0. The van der Waals surface area contributed by atoms with Gasteiger partial charge in [-0.2, -0.15) is 0 Å². The highest BCUT2D eigenvalue weighted by atomic mass is 28.4. The van der Waals surface area contributed by atoms with Crippen LogP contribution in [0.2, 0.25) is 10.1 Å². The molecular weight excluding hydrogens is 979 g/mol. The molecule has 6 nitrogen and oxygen atoms in total. The molecule has 77 heavy (non-hydrogen) atoms. The number of aliphatic hydroxyl groups excluding tert-OH is 1. The van der Waals surface area contributed by atoms with Gasteiger partial charge in [-0.3, -0.25) is 4.79 Å². The van der Waals surface area contributed by atoms with Gasteiger partial charge in [0.15, 0.2) is 0 Å². The first-order chi connectivity index (χ1) is 37.4. The molecule has 0 saturated carbocycles. The number of rotatable bonds is 44. The van der Waals surface area contributed by atoms with E-state index < -0.39 is 16.6 Å². The van der Waals surface area contributed by atoms with E-state index in [-0.39, 0.29) is 22.1 Å². The predicted octanol–water partition coefficient (Wildman–Crippen LogP) is 16.3. The van der Waals surface area contributed by atoms with Crippen molar-refractivity contribution in [3.8, 4) is 0 Å². The van der Waals surface area contributed by atoms with Gasteiger partial charge in [0.2, 0.25) is 5.91 Å². The molecule has 4 aromatic carbocycles. The molecular formula is C69H111NO5Si2. The fraction of sp³-hybridized carbons (Fsp3) is 0.638. The van der Waals surface area contributed by atoms with Gasteiger partial charge in [-0.05, 0) is 50.1 Å². The molecule has 1 atom stereocenters. The van der Waals surface area contributed by atoms with E-state index in [2.05, 4.69) is 175 Å². The molecule has 0 aliphatic carbocycles. The second kappa shape index (κ2) is 38.3. The van der Waals surface area contributed by atoms with Gasteiger partial charge in [0.05, 0.1) is 19.3 Å². The van der Waals surface area contributed by atoms with Crippen molar-refractivity contribution in [2.45, 2.75) is 244 Å². The van der Waals surface area contributed by atoms with Crippen molar-refractivity contribution in [2.75, 3.05) is 39.5 Å². The number of ether oxygens (including phenoxy) is 1. The average molecular weight is 1090 g/mol. The number of amides is 1. The third-order valence-electron chi connectivity index (χ3n) is 16.1. The Labute approximate surface area is 474 Å². The van der Waals surface area contributed by atoms with Crippen LogP contribution in [0, 0.1) is 0 Å². The van der Waals surface area contributed by atoms with Crippen LogP contribution in [-0.2, 0) is 18.4 Å². The summed E-state index contributed by atoms with van der Waals surface area (Å²) < 4.78 is 22.2. The number of aliphatic hydroxyl groups is 1. The summed E-state index contributed by atoms with van der Waals surface area (Å²) in [5, 5.41) is 13.6. The van der Waals surface area contributed by atoms with E-state index in [4.69, 9.17) is 18.7 Å². The van der Waals surface area contributed by atoms with E-state index in [0.717, 1.165) is 38.5 Å². The van der Waals surface area contributed by atoms with Crippen molar-refractivity contribution in [1.29, 1.82) is 0 Å². The third-order valence-corrected chi connectivity index (χ3v) is 26.3. The lowest BCUT2D eigenvalue weighted by Crippen LogP contribution is -2.68. The van der Waals surface area contributed by atoms with E-state index in [9.17, 15) is 4.79 Å². The first-order valence-corrected chi connectivity index (χ1v) is 35.2. The van der Waals surface area contributed by atoms with E-state index >= 15 is 0 Å². The average Bonchev–Trinajstić information content (AvgIpc) is 3.47. The zero-order valence-electron chi connectivity index (χ0n) is 50.2. The summed E-state index contributed by atoms with van der Waals surface area (Å²) in [7, 11) is -5.87. The summed E-state index contributed by atoms with van der Waals surface area (Å²) in [6, 6.07) is 43.6. The van der Waals surface area contributed by atoms with Gasteiger partial charge in [-0.15, -0.1) is 0 Å². The lowest BCUT2D eigenvalue weighted by Gasteiger charge is -2.46. The van der Waals surface area contributed by atoms with Crippen LogP contribution in [0.15, 0.2) is 121 Å². The molecule has 0 spiro atoms. The molecule has 0 saturated heterocycles. The second-order valence-electron chi connectivity index (χ2n) is 24.5. The lowest BCUT2D eigenvalue weighted by molar-refractivity contribution is -0.133. The van der Waals surface area contributed by atoms with Crippen LogP contribution in [0.25, 0.3) is 0 Å². The Kier molecular flexibility index (Phi) is 32.9. The first kappa shape index (κ1) is 66.1. The lowest BCUT2D eigenvalue weighted by atomic mass is 10.0. The minimum atomic E-state index is -3.01. The van der Waals surface area contributed by atoms with E-state index in [0.29, 0.717) is 45.9 Å². The highest BCUT2D eigenvalue weighted by molar-refractivity contribution is 7.00. The minimum Gasteiger partial charge on any atom is -0.406 e. The Morgan fingerprint density at radius 2 is 0.792 bits per heavy atom. The predicted molar refractivity (Wildman–Crippen MR) is 336 cm³/mol. The molecule has 0 radical (unpaired) electrons. The number of benzene rings is 4. The van der Waals surface area contributed by atoms with Crippen LogP contribution >= 0.6 is 0 Å². The molecule has 0 aliphatic heterocycles. The maximum absolute atomic E-state index is 15.0. The van der Waals surface area contributed by atoms with Crippen molar-refractivity contribution in [2.24, 2.45) is 0 Å². The topological polar surface area (TPSA) is 68.2 Å². The normalized spacial score (nSPS) is 12.8. The van der Waals surface area contributed by atoms with Gasteiger partial charge in [0.25, 0.3) is 16.6 Å². The zero-order chi connectivity index (χ0) is 55.3. The summed E-state index contributed by atoms with van der Waals surface area (Å²) in [5.74, 6) is 0.179. The fourth-order valence-electron chi connectivity index (χ4n) is 11.8. The van der Waals surface area contributed by atoms with Gasteiger partial charge >= 0.3 is 0 Å². The van der Waals surface area contributed by atoms with E-state index in [1.54, 1.807) is 0 Å². The molecule has 430 valence electrons. The summed E-state index contributed by atoms with van der Waals surface area (Å²) in [6.45, 7) is 19.1. The Hall–Kier alpha value is -3.38. The highest BCUT2D eigenvalue weighted by Gasteiger charge is 2.52. The molecule has 4 aromatic rings. The van der Waals surface area contributed by atoms with Crippen LogP contribution < -0.4 is 20.7 Å². The van der Waals surface area contributed by atoms with Crippen molar-refractivity contribution >= 4 is 43.3 Å². The van der Waals surface area contributed by atoms with Crippen LogP contribution in [0.4, 0.5) is 0 Å². The first-order valence-electron chi connectivity index (χ1n) is 31.4. The molecule has 4 rings (SSSR count). The molecule has 0 heterocycles. The number of nitrogens with zero attached hydrogens (tertiary/aromatic N) is 1. The molecule has 0 aromatic heterocycles. The van der Waals surface area contributed by atoms with Crippen molar-refractivity contribution in [3.63, 3.8) is 0 Å². The standard InChI is InChI=1S/C69H111NO5Si2/c1-8-9-10-11-12-13-14-15-19-22-25-28-31-46-58-73-61-62(75-77(69(5,6)7,65-51-40-34-41-52-65)66-53-42-35-43-54-66)60-70(67(72)55-44-29-26-23-20-17-16-18-21-24-27-30-45-57-71)56-59-74-76(68(2,3)4,63-47-36-32-37-48-63)64-49-38-33-39-50-64/h32-43,47-54,62,71H,8-31,44-46,55-61H2,1-7H3. The Morgan fingerprint density at radius 3 is 1.16 bits per heavy atom. The van der Waals surface area contributed by atoms with Gasteiger partial charge < -0.3 is 23.6 Å². The number of unbranched alkanes of at least 4 members (excludes halogenated alkanes) is 25. The number of carbonyl (C=O) groups is 1. The molecule has 1 N–H and O–H groups in total. The summed E-state index contributed by atoms with van der Waals surface area (Å²) >= 11 is 0. The highest BCUT2D eigenvalue weighted by Crippen LogP contribution is 2.39. The van der Waals surface area contributed by atoms with Crippen LogP contribution in [0.3, 0.4) is 0 Å². The quantitative estimate of drug-likeness (QED) is 0.0353. The van der Waals surface area contributed by atoms with Crippen molar-refractivity contribution in [1.82, 2.24) is 4.90 Å². The monoisotopic (exact) mass is 1090 g/mol. The Morgan fingerprint density at radius 1 is 0.455 bits per heavy atom. The molecule has 1 unspecified atom stereocenters. The van der Waals surface area contributed by atoms with Crippen LogP contribution in [0.5, 0.6) is 0 Å². The molecule has 0 fully saturated rings. The van der Waals surface area contributed by atoms with Gasteiger partial charge in [0.1, 0.15) is 0 Å². The second-order valence-corrected chi connectivity index (χ2v) is 33.1. The summed E-state index contributed by atoms with van der Waals surface area (Å²) in [4.78, 5) is 17.1. The van der Waals surface area contributed by atoms with Gasteiger partial charge in [-0.1, -0.05) is 324 Å². The molecule has 0 aliphatic rings.